The van der Waals surface area contributed by atoms with Gasteiger partial charge in [0.25, 0.3) is 5.91 Å². The van der Waals surface area contributed by atoms with E-state index in [2.05, 4.69) is 0 Å². The van der Waals surface area contributed by atoms with Gasteiger partial charge < -0.3 is 4.74 Å². The lowest BCUT2D eigenvalue weighted by Gasteiger charge is -2.24. The third-order valence-electron chi connectivity index (χ3n) is 4.80. The molecule has 2 atom stereocenters. The maximum Gasteiger partial charge on any atom is 0.410 e. The van der Waals surface area contributed by atoms with Gasteiger partial charge in [0.15, 0.2) is 16.0 Å². The Bertz CT molecular complexity index is 909. The highest BCUT2D eigenvalue weighted by Gasteiger charge is 2.49. The van der Waals surface area contributed by atoms with Crippen molar-refractivity contribution in [1.29, 1.82) is 5.26 Å². The van der Waals surface area contributed by atoms with Crippen molar-refractivity contribution in [3.63, 3.8) is 0 Å². The van der Waals surface area contributed by atoms with E-state index in [1.165, 1.54) is 12.1 Å². The maximum absolute atomic E-state index is 13.0. The molecular formula is C17H18ClN3O5S. The molecular weight excluding hydrogens is 394 g/mol. The van der Waals surface area contributed by atoms with Crippen LogP contribution in [0.3, 0.4) is 0 Å². The Kier molecular flexibility index (Phi) is 5.31. The fourth-order valence-corrected chi connectivity index (χ4v) is 5.45. The highest BCUT2D eigenvalue weighted by molar-refractivity contribution is 7.92. The molecule has 0 bridgehead atoms. The van der Waals surface area contributed by atoms with Gasteiger partial charge in [0.2, 0.25) is 0 Å². The standard InChI is InChI=1S/C17H18ClN3O5S/c1-26-17(23)20-9-12(27(24,25)15-5-3-2-4-13(15)18)8-14(20)16(22)21(10-19)11-6-7-11/h2-5,11-12,14H,6-9H2,1H3/t12-,14+/m1/s1. The Morgan fingerprint density at radius 3 is 2.56 bits per heavy atom. The van der Waals surface area contributed by atoms with E-state index in [0.717, 1.165) is 16.9 Å². The third-order valence-corrected chi connectivity index (χ3v) is 7.43. The van der Waals surface area contributed by atoms with Gasteiger partial charge in [0, 0.05) is 12.6 Å². The summed E-state index contributed by atoms with van der Waals surface area (Å²) in [6.07, 6.45) is 2.35. The summed E-state index contributed by atoms with van der Waals surface area (Å²) in [5, 5.41) is 8.33. The zero-order valence-electron chi connectivity index (χ0n) is 14.5. The molecule has 3 rings (SSSR count). The molecule has 144 valence electrons. The minimum Gasteiger partial charge on any atom is -0.453 e. The number of likely N-dealkylation sites (tertiary alicyclic amines) is 1. The monoisotopic (exact) mass is 411 g/mol. The van der Waals surface area contributed by atoms with Crippen LogP contribution in [-0.4, -0.2) is 61.2 Å². The lowest BCUT2D eigenvalue weighted by atomic mass is 10.2. The zero-order chi connectivity index (χ0) is 19.8. The summed E-state index contributed by atoms with van der Waals surface area (Å²) in [7, 11) is -2.73. The summed E-state index contributed by atoms with van der Waals surface area (Å²) < 4.78 is 30.7. The van der Waals surface area contributed by atoms with E-state index in [0.29, 0.717) is 12.8 Å². The van der Waals surface area contributed by atoms with E-state index in [1.807, 2.05) is 6.19 Å². The van der Waals surface area contributed by atoms with Crippen molar-refractivity contribution in [3.05, 3.63) is 29.3 Å². The van der Waals surface area contributed by atoms with Crippen LogP contribution < -0.4 is 0 Å². The maximum atomic E-state index is 13.0. The number of nitrogens with zero attached hydrogens (tertiary/aromatic N) is 3. The van der Waals surface area contributed by atoms with Crippen molar-refractivity contribution in [2.45, 2.75) is 41.5 Å². The first-order valence-electron chi connectivity index (χ1n) is 8.37. The Labute approximate surface area is 162 Å². The third kappa shape index (κ3) is 3.59. The molecule has 0 aromatic heterocycles. The molecule has 1 aliphatic heterocycles. The van der Waals surface area contributed by atoms with Crippen LogP contribution in [-0.2, 0) is 19.4 Å². The van der Waals surface area contributed by atoms with Gasteiger partial charge in [0.1, 0.15) is 6.04 Å². The zero-order valence-corrected chi connectivity index (χ0v) is 16.1. The second-order valence-electron chi connectivity index (χ2n) is 6.51. The molecule has 2 fully saturated rings. The summed E-state index contributed by atoms with van der Waals surface area (Å²) in [5.41, 5.74) is 0. The Balaban J connectivity index is 1.92. The second kappa shape index (κ2) is 7.37. The second-order valence-corrected chi connectivity index (χ2v) is 9.11. The summed E-state index contributed by atoms with van der Waals surface area (Å²) in [4.78, 5) is 27.0. The first-order chi connectivity index (χ1) is 12.8. The van der Waals surface area contributed by atoms with Gasteiger partial charge >= 0.3 is 6.09 Å². The van der Waals surface area contributed by atoms with Gasteiger partial charge in [-0.05, 0) is 31.4 Å². The topological polar surface area (TPSA) is 108 Å². The molecule has 0 N–H and O–H groups in total. The summed E-state index contributed by atoms with van der Waals surface area (Å²) in [6, 6.07) is 4.78. The lowest BCUT2D eigenvalue weighted by molar-refractivity contribution is -0.132. The number of sulfone groups is 1. The average Bonchev–Trinajstić information content (AvgIpc) is 3.37. The molecule has 0 unspecified atom stereocenters. The smallest absolute Gasteiger partial charge is 0.410 e. The number of benzene rings is 1. The number of hydrogen-bond donors (Lipinski definition) is 0. The van der Waals surface area contributed by atoms with Crippen LogP contribution in [0.15, 0.2) is 29.2 Å². The van der Waals surface area contributed by atoms with E-state index < -0.39 is 33.1 Å². The van der Waals surface area contributed by atoms with Gasteiger partial charge in [-0.25, -0.2) is 18.1 Å². The van der Waals surface area contributed by atoms with E-state index in [4.69, 9.17) is 16.3 Å². The first-order valence-corrected chi connectivity index (χ1v) is 10.3. The molecule has 1 saturated carbocycles. The van der Waals surface area contributed by atoms with Gasteiger partial charge in [-0.2, -0.15) is 5.26 Å². The molecule has 1 aromatic rings. The molecule has 27 heavy (non-hydrogen) atoms. The molecule has 1 saturated heterocycles. The molecule has 1 heterocycles. The number of ether oxygens (including phenoxy) is 1. The van der Waals surface area contributed by atoms with Crippen molar-refractivity contribution < 1.29 is 22.7 Å². The van der Waals surface area contributed by atoms with Crippen molar-refractivity contribution in [2.24, 2.45) is 0 Å². The summed E-state index contributed by atoms with van der Waals surface area (Å²) in [6.45, 7) is -0.208. The average molecular weight is 412 g/mol. The molecule has 0 spiro atoms. The van der Waals surface area contributed by atoms with Crippen LogP contribution in [0, 0.1) is 11.5 Å². The van der Waals surface area contributed by atoms with Gasteiger partial charge in [0.05, 0.1) is 22.3 Å². The number of rotatable bonds is 4. The number of hydrogen-bond acceptors (Lipinski definition) is 6. The first kappa shape index (κ1) is 19.5. The van der Waals surface area contributed by atoms with Gasteiger partial charge in [-0.1, -0.05) is 23.7 Å². The van der Waals surface area contributed by atoms with E-state index in [9.17, 15) is 23.3 Å². The van der Waals surface area contributed by atoms with Crippen LogP contribution >= 0.6 is 11.6 Å². The number of carbonyl (C=O) groups is 2. The van der Waals surface area contributed by atoms with E-state index in [-0.39, 0.29) is 28.9 Å². The molecule has 1 aromatic carbocycles. The van der Waals surface area contributed by atoms with Crippen LogP contribution in [0.4, 0.5) is 4.79 Å². The highest BCUT2D eigenvalue weighted by Crippen LogP contribution is 2.34. The number of carbonyl (C=O) groups excluding carboxylic acids is 2. The Morgan fingerprint density at radius 1 is 1.33 bits per heavy atom. The van der Waals surface area contributed by atoms with Crippen LogP contribution in [0.5, 0.6) is 0 Å². The molecule has 10 heteroatoms. The molecule has 8 nitrogen and oxygen atoms in total. The predicted molar refractivity (Wildman–Crippen MR) is 95.4 cm³/mol. The fourth-order valence-electron chi connectivity index (χ4n) is 3.23. The number of halogens is 1. The summed E-state index contributed by atoms with van der Waals surface area (Å²) >= 11 is 6.03. The molecule has 0 radical (unpaired) electrons. The number of amides is 2. The summed E-state index contributed by atoms with van der Waals surface area (Å²) in [5.74, 6) is -0.581. The fraction of sp³-hybridized carbons (Fsp3) is 0.471. The highest BCUT2D eigenvalue weighted by atomic mass is 35.5. The van der Waals surface area contributed by atoms with Crippen molar-refractivity contribution >= 4 is 33.4 Å². The van der Waals surface area contributed by atoms with Crippen LogP contribution in [0.1, 0.15) is 19.3 Å². The Hall–Kier alpha value is -2.31. The SMILES string of the molecule is COC(=O)N1C[C@H](S(=O)(=O)c2ccccc2Cl)C[C@H]1C(=O)N(C#N)C1CC1. The number of nitriles is 1. The van der Waals surface area contributed by atoms with Gasteiger partial charge in [-0.3, -0.25) is 9.69 Å². The van der Waals surface area contributed by atoms with Crippen LogP contribution in [0.25, 0.3) is 0 Å². The van der Waals surface area contributed by atoms with Crippen molar-refractivity contribution in [1.82, 2.24) is 9.80 Å². The molecule has 2 aliphatic rings. The minimum absolute atomic E-state index is 0.0473. The predicted octanol–water partition coefficient (Wildman–Crippen LogP) is 1.80. The normalized spacial score (nSPS) is 22.2. The lowest BCUT2D eigenvalue weighted by Crippen LogP contribution is -2.47. The van der Waals surface area contributed by atoms with E-state index in [1.54, 1.807) is 12.1 Å². The largest absolute Gasteiger partial charge is 0.453 e. The van der Waals surface area contributed by atoms with Crippen LogP contribution in [0.2, 0.25) is 5.02 Å². The number of methoxy groups -OCH3 is 1. The molecule has 2 amide bonds. The van der Waals surface area contributed by atoms with Gasteiger partial charge in [-0.15, -0.1) is 0 Å². The van der Waals surface area contributed by atoms with E-state index >= 15 is 0 Å². The molecule has 1 aliphatic carbocycles. The van der Waals surface area contributed by atoms with Crippen molar-refractivity contribution in [3.8, 4) is 6.19 Å². The quantitative estimate of drug-likeness (QED) is 0.552. The van der Waals surface area contributed by atoms with Crippen molar-refractivity contribution in [2.75, 3.05) is 13.7 Å². The minimum atomic E-state index is -3.88. The Morgan fingerprint density at radius 2 is 2.00 bits per heavy atom.